The number of carbonyl (C=O) groups excluding carboxylic acids is 2. The van der Waals surface area contributed by atoms with Crippen molar-refractivity contribution < 1.29 is 25.0 Å². The number of benzene rings is 1. The minimum Gasteiger partial charge on any atom is -0.391 e. The average Bonchev–Trinajstić information content (AvgIpc) is 3.08. The van der Waals surface area contributed by atoms with Crippen LogP contribution < -0.4 is 10.8 Å². The van der Waals surface area contributed by atoms with Crippen molar-refractivity contribution >= 4 is 11.8 Å². The molecule has 2 aromatic rings. The minimum atomic E-state index is -1.29. The Labute approximate surface area is 168 Å². The number of amides is 2. The molecule has 0 aliphatic carbocycles. The number of hydroxylamine groups is 1. The van der Waals surface area contributed by atoms with Gasteiger partial charge in [-0.3, -0.25) is 14.8 Å². The standard InChI is InChI=1S/C21H21N3O5/c1-14(26)19(21(28)23-29)22-20(27)16-9-7-15(8-10-16)5-3-4-6-17-11-12-18(13-25)24(17)2/h7-12,14,19,25-26,29H,13H2,1-2H3,(H,22,27)(H,23,28)/t14-,19-/m0/s1. The highest BCUT2D eigenvalue weighted by molar-refractivity contribution is 5.97. The van der Waals surface area contributed by atoms with Crippen LogP contribution in [0.4, 0.5) is 0 Å². The first kappa shape index (κ1) is 21.7. The van der Waals surface area contributed by atoms with Crippen molar-refractivity contribution in [3.05, 3.63) is 58.9 Å². The van der Waals surface area contributed by atoms with Gasteiger partial charge in [-0.05, 0) is 61.1 Å². The number of nitrogens with one attached hydrogen (secondary N) is 2. The molecular weight excluding hydrogens is 374 g/mol. The quantitative estimate of drug-likeness (QED) is 0.275. The molecule has 0 unspecified atom stereocenters. The summed E-state index contributed by atoms with van der Waals surface area (Å²) in [6.07, 6.45) is -1.19. The lowest BCUT2D eigenvalue weighted by molar-refractivity contribution is -0.133. The number of rotatable bonds is 5. The van der Waals surface area contributed by atoms with Gasteiger partial charge in [0.05, 0.1) is 18.4 Å². The topological polar surface area (TPSA) is 124 Å². The van der Waals surface area contributed by atoms with Crippen molar-refractivity contribution in [2.45, 2.75) is 25.7 Å². The van der Waals surface area contributed by atoms with E-state index in [1.807, 2.05) is 0 Å². The Morgan fingerprint density at radius 1 is 1.10 bits per heavy atom. The molecule has 0 bridgehead atoms. The van der Waals surface area contributed by atoms with Gasteiger partial charge in [0.1, 0.15) is 6.04 Å². The molecule has 0 aliphatic heterocycles. The predicted molar refractivity (Wildman–Crippen MR) is 104 cm³/mol. The third-order valence-corrected chi connectivity index (χ3v) is 4.16. The molecule has 0 saturated heterocycles. The van der Waals surface area contributed by atoms with E-state index in [0.29, 0.717) is 5.56 Å². The first-order valence-electron chi connectivity index (χ1n) is 8.67. The highest BCUT2D eigenvalue weighted by Gasteiger charge is 2.25. The molecule has 0 radical (unpaired) electrons. The number of aliphatic hydroxyl groups is 2. The van der Waals surface area contributed by atoms with Crippen LogP contribution in [0.15, 0.2) is 36.4 Å². The molecule has 1 aromatic carbocycles. The van der Waals surface area contributed by atoms with Crippen LogP contribution in [0.25, 0.3) is 0 Å². The third kappa shape index (κ3) is 5.71. The van der Waals surface area contributed by atoms with Crippen LogP contribution in [0.5, 0.6) is 0 Å². The van der Waals surface area contributed by atoms with E-state index in [9.17, 15) is 14.7 Å². The Morgan fingerprint density at radius 2 is 1.76 bits per heavy atom. The van der Waals surface area contributed by atoms with Gasteiger partial charge in [0.25, 0.3) is 11.8 Å². The van der Waals surface area contributed by atoms with E-state index in [0.717, 1.165) is 11.4 Å². The van der Waals surface area contributed by atoms with E-state index in [4.69, 9.17) is 10.3 Å². The van der Waals surface area contributed by atoms with Gasteiger partial charge in [-0.25, -0.2) is 5.48 Å². The normalized spacial score (nSPS) is 11.9. The first-order valence-corrected chi connectivity index (χ1v) is 8.67. The number of aliphatic hydroxyl groups excluding tert-OH is 2. The van der Waals surface area contributed by atoms with Crippen LogP contribution in [-0.2, 0) is 18.4 Å². The SMILES string of the molecule is C[C@H](O)[C@H](NC(=O)c1ccc(C#CC#Cc2ccc(CO)n2C)cc1)C(=O)NO. The summed E-state index contributed by atoms with van der Waals surface area (Å²) in [5.41, 5.74) is 3.79. The number of hydrogen-bond acceptors (Lipinski definition) is 5. The van der Waals surface area contributed by atoms with E-state index in [1.165, 1.54) is 24.5 Å². The number of aromatic nitrogens is 1. The summed E-state index contributed by atoms with van der Waals surface area (Å²) >= 11 is 0. The van der Waals surface area contributed by atoms with Gasteiger partial charge >= 0.3 is 0 Å². The molecule has 8 heteroatoms. The maximum atomic E-state index is 12.2. The number of carbonyl (C=O) groups is 2. The summed E-state index contributed by atoms with van der Waals surface area (Å²) in [4.78, 5) is 23.7. The third-order valence-electron chi connectivity index (χ3n) is 4.16. The number of hydrogen-bond donors (Lipinski definition) is 5. The fourth-order valence-corrected chi connectivity index (χ4v) is 2.44. The highest BCUT2D eigenvalue weighted by Crippen LogP contribution is 2.06. The van der Waals surface area contributed by atoms with E-state index < -0.39 is 24.0 Å². The lowest BCUT2D eigenvalue weighted by Crippen LogP contribution is -2.51. The molecule has 0 aliphatic rings. The van der Waals surface area contributed by atoms with Crippen LogP contribution >= 0.6 is 0 Å². The fourth-order valence-electron chi connectivity index (χ4n) is 2.44. The maximum Gasteiger partial charge on any atom is 0.268 e. The van der Waals surface area contributed by atoms with E-state index in [1.54, 1.807) is 35.9 Å². The zero-order chi connectivity index (χ0) is 21.4. The molecule has 8 nitrogen and oxygen atoms in total. The van der Waals surface area contributed by atoms with Crippen molar-refractivity contribution in [1.82, 2.24) is 15.4 Å². The molecular formula is C21H21N3O5. The molecule has 150 valence electrons. The Bertz CT molecular complexity index is 1000. The average molecular weight is 395 g/mol. The lowest BCUT2D eigenvalue weighted by atomic mass is 10.1. The van der Waals surface area contributed by atoms with Crippen molar-refractivity contribution in [3.8, 4) is 23.7 Å². The molecule has 2 amide bonds. The molecule has 2 rings (SSSR count). The molecule has 0 saturated carbocycles. The van der Waals surface area contributed by atoms with Crippen molar-refractivity contribution in [2.75, 3.05) is 0 Å². The summed E-state index contributed by atoms with van der Waals surface area (Å²) in [6.45, 7) is 1.26. The van der Waals surface area contributed by atoms with Gasteiger partial charge in [0, 0.05) is 23.9 Å². The van der Waals surface area contributed by atoms with Gasteiger partial charge in [-0.2, -0.15) is 0 Å². The highest BCUT2D eigenvalue weighted by atomic mass is 16.5. The van der Waals surface area contributed by atoms with E-state index >= 15 is 0 Å². The second-order valence-electron chi connectivity index (χ2n) is 6.17. The Hall–Kier alpha value is -3.56. The predicted octanol–water partition coefficient (Wildman–Crippen LogP) is -0.0948. The lowest BCUT2D eigenvalue weighted by Gasteiger charge is -2.19. The van der Waals surface area contributed by atoms with Crippen molar-refractivity contribution in [3.63, 3.8) is 0 Å². The molecule has 1 aromatic heterocycles. The molecule has 2 atom stereocenters. The van der Waals surface area contributed by atoms with Gasteiger partial charge in [-0.15, -0.1) is 0 Å². The smallest absolute Gasteiger partial charge is 0.268 e. The van der Waals surface area contributed by atoms with Crippen LogP contribution in [0, 0.1) is 23.7 Å². The zero-order valence-corrected chi connectivity index (χ0v) is 15.9. The largest absolute Gasteiger partial charge is 0.391 e. The van der Waals surface area contributed by atoms with Crippen LogP contribution in [0.1, 0.15) is 34.2 Å². The summed E-state index contributed by atoms with van der Waals surface area (Å²) in [5.74, 6) is 9.71. The van der Waals surface area contributed by atoms with E-state index in [-0.39, 0.29) is 12.2 Å². The van der Waals surface area contributed by atoms with Gasteiger partial charge in [-0.1, -0.05) is 5.92 Å². The first-order chi connectivity index (χ1) is 13.9. The zero-order valence-electron chi connectivity index (χ0n) is 15.9. The number of nitrogens with zero attached hydrogens (tertiary/aromatic N) is 1. The molecule has 0 spiro atoms. The summed E-state index contributed by atoms with van der Waals surface area (Å²) < 4.78 is 1.78. The molecule has 0 fully saturated rings. The van der Waals surface area contributed by atoms with Gasteiger partial charge in [0.2, 0.25) is 0 Å². The molecule has 29 heavy (non-hydrogen) atoms. The van der Waals surface area contributed by atoms with Crippen molar-refractivity contribution in [2.24, 2.45) is 7.05 Å². The fraction of sp³-hybridized carbons (Fsp3) is 0.238. The van der Waals surface area contributed by atoms with Crippen molar-refractivity contribution in [1.29, 1.82) is 0 Å². The summed E-state index contributed by atoms with van der Waals surface area (Å²) in [6, 6.07) is 8.59. The van der Waals surface area contributed by atoms with Gasteiger partial charge < -0.3 is 20.1 Å². The monoisotopic (exact) mass is 395 g/mol. The molecule has 5 N–H and O–H groups in total. The van der Waals surface area contributed by atoms with Crippen LogP contribution in [0.3, 0.4) is 0 Å². The second-order valence-corrected chi connectivity index (χ2v) is 6.17. The van der Waals surface area contributed by atoms with Crippen LogP contribution in [-0.4, -0.2) is 43.9 Å². The summed E-state index contributed by atoms with van der Waals surface area (Å²) in [5, 5.41) is 29.7. The summed E-state index contributed by atoms with van der Waals surface area (Å²) in [7, 11) is 1.80. The van der Waals surface area contributed by atoms with Gasteiger partial charge in [0.15, 0.2) is 0 Å². The molecule has 1 heterocycles. The minimum absolute atomic E-state index is 0.0631. The Morgan fingerprint density at radius 3 is 2.31 bits per heavy atom. The second kappa shape index (κ2) is 10.1. The Kier molecular flexibility index (Phi) is 7.58. The van der Waals surface area contributed by atoms with Crippen LogP contribution in [0.2, 0.25) is 0 Å². The van der Waals surface area contributed by atoms with E-state index in [2.05, 4.69) is 29.0 Å². The Balaban J connectivity index is 2.05. The maximum absolute atomic E-state index is 12.2.